The Morgan fingerprint density at radius 3 is 2.37 bits per heavy atom. The Morgan fingerprint density at radius 1 is 1.04 bits per heavy atom. The van der Waals surface area contributed by atoms with Crippen LogP contribution in [-0.2, 0) is 6.42 Å². The Morgan fingerprint density at radius 2 is 1.74 bits per heavy atom. The highest BCUT2D eigenvalue weighted by atomic mass is 19.1. The number of aryl methyl sites for hydroxylation is 1. The van der Waals surface area contributed by atoms with Crippen LogP contribution in [0.3, 0.4) is 0 Å². The normalized spacial score (nSPS) is 16.1. The fraction of sp³-hybridized carbons (Fsp3) is 0.625. The van der Waals surface area contributed by atoms with E-state index >= 15 is 0 Å². The zero-order chi connectivity index (χ0) is 19.6. The summed E-state index contributed by atoms with van der Waals surface area (Å²) in [6, 6.07) is 5.57. The molecule has 1 N–H and O–H groups in total. The van der Waals surface area contributed by atoms with Crippen LogP contribution in [0, 0.1) is 11.7 Å². The van der Waals surface area contributed by atoms with Gasteiger partial charge in [0.1, 0.15) is 5.82 Å². The molecule has 0 heterocycles. The van der Waals surface area contributed by atoms with Gasteiger partial charge in [0.05, 0.1) is 5.71 Å². The van der Waals surface area contributed by atoms with E-state index in [0.29, 0.717) is 11.6 Å². The first kappa shape index (κ1) is 21.7. The van der Waals surface area contributed by atoms with Crippen molar-refractivity contribution in [2.45, 2.75) is 91.4 Å². The van der Waals surface area contributed by atoms with E-state index in [9.17, 15) is 9.60 Å². The Hall–Kier alpha value is -1.64. The van der Waals surface area contributed by atoms with Crippen LogP contribution in [-0.4, -0.2) is 10.9 Å². The maximum atomic E-state index is 14.7. The van der Waals surface area contributed by atoms with Gasteiger partial charge in [-0.25, -0.2) is 4.39 Å². The number of hydrogen-bond acceptors (Lipinski definition) is 2. The monoisotopic (exact) mass is 373 g/mol. The lowest BCUT2D eigenvalue weighted by molar-refractivity contribution is 0.319. The molecule has 1 aliphatic rings. The minimum atomic E-state index is -0.126. The largest absolute Gasteiger partial charge is 0.411 e. The molecule has 0 saturated carbocycles. The van der Waals surface area contributed by atoms with Gasteiger partial charge in [-0.1, -0.05) is 82.2 Å². The van der Waals surface area contributed by atoms with Gasteiger partial charge in [-0.05, 0) is 55.2 Å². The summed E-state index contributed by atoms with van der Waals surface area (Å²) in [5.74, 6) is 0.411. The molecule has 0 radical (unpaired) electrons. The van der Waals surface area contributed by atoms with E-state index in [1.165, 1.54) is 44.1 Å². The number of hydrogen-bond donors (Lipinski definition) is 1. The van der Waals surface area contributed by atoms with Crippen molar-refractivity contribution >= 4 is 11.3 Å². The molecule has 27 heavy (non-hydrogen) atoms. The number of oxime groups is 1. The lowest BCUT2D eigenvalue weighted by atomic mass is 9.94. The van der Waals surface area contributed by atoms with Crippen molar-refractivity contribution in [2.24, 2.45) is 11.1 Å². The molecule has 0 aliphatic heterocycles. The number of benzene rings is 1. The summed E-state index contributed by atoms with van der Waals surface area (Å²) in [6.07, 6.45) is 12.1. The van der Waals surface area contributed by atoms with Gasteiger partial charge >= 0.3 is 0 Å². The average Bonchev–Trinajstić information content (AvgIpc) is 3.04. The van der Waals surface area contributed by atoms with Gasteiger partial charge < -0.3 is 5.21 Å². The van der Waals surface area contributed by atoms with Crippen LogP contribution < -0.4 is 0 Å². The Balaban J connectivity index is 2.00. The van der Waals surface area contributed by atoms with Crippen molar-refractivity contribution in [3.8, 4) is 0 Å². The zero-order valence-electron chi connectivity index (χ0n) is 17.4. The van der Waals surface area contributed by atoms with E-state index in [0.717, 1.165) is 48.8 Å². The highest BCUT2D eigenvalue weighted by molar-refractivity contribution is 6.26. The summed E-state index contributed by atoms with van der Waals surface area (Å²) in [5, 5.41) is 12.8. The summed E-state index contributed by atoms with van der Waals surface area (Å²) in [6.45, 7) is 6.60. The number of halogens is 1. The van der Waals surface area contributed by atoms with E-state index in [2.05, 4.69) is 25.9 Å². The molecule has 0 fully saturated rings. The SMILES string of the molecule is CCCCCCCCCc1ccc(C2=C(CC(C)C)CC/C2=N\O)cc1F. The van der Waals surface area contributed by atoms with Gasteiger partial charge in [-0.15, -0.1) is 0 Å². The fourth-order valence-corrected chi connectivity index (χ4v) is 4.07. The van der Waals surface area contributed by atoms with Crippen LogP contribution in [0.4, 0.5) is 4.39 Å². The van der Waals surface area contributed by atoms with Crippen LogP contribution >= 0.6 is 0 Å². The molecule has 3 heteroatoms. The zero-order valence-corrected chi connectivity index (χ0v) is 17.4. The molecule has 150 valence electrons. The molecule has 0 spiro atoms. The van der Waals surface area contributed by atoms with E-state index in [4.69, 9.17) is 0 Å². The minimum Gasteiger partial charge on any atom is -0.411 e. The standard InChI is InChI=1S/C24H36FNO/c1-4-5-6-7-8-9-10-11-19-12-13-21(17-22(19)25)24-20(16-18(2)3)14-15-23(24)26-27/h12-13,17-18,27H,4-11,14-16H2,1-3H3/b26-23+. The predicted molar refractivity (Wildman–Crippen MR) is 113 cm³/mol. The van der Waals surface area contributed by atoms with Crippen LogP contribution in [0.25, 0.3) is 5.57 Å². The Labute approximate surface area is 164 Å². The van der Waals surface area contributed by atoms with Crippen LogP contribution in [0.15, 0.2) is 28.9 Å². The van der Waals surface area contributed by atoms with E-state index < -0.39 is 0 Å². The van der Waals surface area contributed by atoms with Crippen molar-refractivity contribution < 1.29 is 9.60 Å². The molecule has 1 aromatic carbocycles. The first-order valence-electron chi connectivity index (χ1n) is 10.8. The second-order valence-electron chi connectivity index (χ2n) is 8.30. The Bertz CT molecular complexity index is 660. The van der Waals surface area contributed by atoms with E-state index in [-0.39, 0.29) is 5.82 Å². The molecule has 0 atom stereocenters. The maximum Gasteiger partial charge on any atom is 0.127 e. The molecule has 0 bridgehead atoms. The highest BCUT2D eigenvalue weighted by Gasteiger charge is 2.24. The second-order valence-corrected chi connectivity index (χ2v) is 8.30. The van der Waals surface area contributed by atoms with Crippen molar-refractivity contribution in [1.82, 2.24) is 0 Å². The molecule has 1 aromatic rings. The quantitative estimate of drug-likeness (QED) is 0.242. The van der Waals surface area contributed by atoms with Crippen molar-refractivity contribution in [3.63, 3.8) is 0 Å². The molecular formula is C24H36FNO. The van der Waals surface area contributed by atoms with Gasteiger partial charge in [-0.3, -0.25) is 0 Å². The number of allylic oxidation sites excluding steroid dienone is 2. The smallest absolute Gasteiger partial charge is 0.127 e. The third kappa shape index (κ3) is 6.48. The van der Waals surface area contributed by atoms with Gasteiger partial charge in [0, 0.05) is 5.57 Å². The molecule has 2 nitrogen and oxygen atoms in total. The van der Waals surface area contributed by atoms with E-state index in [1.807, 2.05) is 12.1 Å². The molecule has 0 amide bonds. The summed E-state index contributed by atoms with van der Waals surface area (Å²) in [5.41, 5.74) is 4.62. The molecular weight excluding hydrogens is 337 g/mol. The molecule has 0 aromatic heterocycles. The maximum absolute atomic E-state index is 14.7. The van der Waals surface area contributed by atoms with Gasteiger partial charge in [-0.2, -0.15) is 0 Å². The first-order valence-corrected chi connectivity index (χ1v) is 10.8. The number of nitrogens with zero attached hydrogens (tertiary/aromatic N) is 1. The van der Waals surface area contributed by atoms with Crippen molar-refractivity contribution in [3.05, 3.63) is 40.7 Å². The molecule has 2 rings (SSSR count). The van der Waals surface area contributed by atoms with Crippen LogP contribution in [0.5, 0.6) is 0 Å². The molecule has 0 saturated heterocycles. The van der Waals surface area contributed by atoms with Crippen molar-refractivity contribution in [2.75, 3.05) is 0 Å². The summed E-state index contributed by atoms with van der Waals surface area (Å²) in [7, 11) is 0. The van der Waals surface area contributed by atoms with Crippen molar-refractivity contribution in [1.29, 1.82) is 0 Å². The van der Waals surface area contributed by atoms with E-state index in [1.54, 1.807) is 6.07 Å². The van der Waals surface area contributed by atoms with Crippen LogP contribution in [0.1, 0.15) is 96.1 Å². The lowest BCUT2D eigenvalue weighted by Crippen LogP contribution is -2.01. The minimum absolute atomic E-state index is 0.126. The topological polar surface area (TPSA) is 32.6 Å². The first-order chi connectivity index (χ1) is 13.1. The second kappa shape index (κ2) is 11.3. The summed E-state index contributed by atoms with van der Waals surface area (Å²) in [4.78, 5) is 0. The van der Waals surface area contributed by atoms with Gasteiger partial charge in [0.25, 0.3) is 0 Å². The molecule has 1 aliphatic carbocycles. The third-order valence-electron chi connectivity index (χ3n) is 5.47. The molecule has 0 unspecified atom stereocenters. The summed E-state index contributed by atoms with van der Waals surface area (Å²) >= 11 is 0. The predicted octanol–water partition coefficient (Wildman–Crippen LogP) is 7.54. The third-order valence-corrected chi connectivity index (χ3v) is 5.47. The fourth-order valence-electron chi connectivity index (χ4n) is 4.07. The van der Waals surface area contributed by atoms with Gasteiger partial charge in [0.15, 0.2) is 0 Å². The van der Waals surface area contributed by atoms with Crippen LogP contribution in [0.2, 0.25) is 0 Å². The Kier molecular flexibility index (Phi) is 9.03. The summed E-state index contributed by atoms with van der Waals surface area (Å²) < 4.78 is 14.7. The number of rotatable bonds is 11. The highest BCUT2D eigenvalue weighted by Crippen LogP contribution is 2.36. The number of unbranched alkanes of at least 4 members (excludes halogenated alkanes) is 6. The van der Waals surface area contributed by atoms with Gasteiger partial charge in [0.2, 0.25) is 0 Å². The lowest BCUT2D eigenvalue weighted by Gasteiger charge is -2.12. The average molecular weight is 374 g/mol.